The lowest BCUT2D eigenvalue weighted by molar-refractivity contribution is 0.102. The Hall–Kier alpha value is -3.23. The maximum Gasteiger partial charge on any atom is 0.276 e. The van der Waals surface area contributed by atoms with E-state index in [-0.39, 0.29) is 22.8 Å². The molecular formula is C12H10FN5O3. The van der Waals surface area contributed by atoms with Gasteiger partial charge in [-0.1, -0.05) is 5.16 Å². The van der Waals surface area contributed by atoms with Crippen LogP contribution in [0.3, 0.4) is 0 Å². The number of oxime groups is 1. The van der Waals surface area contributed by atoms with Crippen molar-refractivity contribution in [2.24, 2.45) is 10.9 Å². The first-order valence-electron chi connectivity index (χ1n) is 5.66. The monoisotopic (exact) mass is 291 g/mol. The second-order valence-corrected chi connectivity index (χ2v) is 3.94. The Balaban J connectivity index is 2.33. The molecule has 1 amide bonds. The second kappa shape index (κ2) is 5.82. The van der Waals surface area contributed by atoms with Gasteiger partial charge in [0.2, 0.25) is 0 Å². The van der Waals surface area contributed by atoms with E-state index in [0.29, 0.717) is 0 Å². The molecule has 0 saturated heterocycles. The van der Waals surface area contributed by atoms with Crippen molar-refractivity contribution >= 4 is 17.4 Å². The zero-order valence-electron chi connectivity index (χ0n) is 10.5. The van der Waals surface area contributed by atoms with Crippen LogP contribution in [0.25, 0.3) is 0 Å². The minimum Gasteiger partial charge on any atom is -0.409 e. The molecule has 1 aromatic carbocycles. The number of rotatable bonds is 3. The number of hydrogen-bond acceptors (Lipinski definition) is 5. The SMILES string of the molecule is N/C(=N/O)c1cc(F)ccc1NC(=O)c1ccc(=O)[nH]n1. The molecule has 1 aromatic heterocycles. The van der Waals surface area contributed by atoms with E-state index in [4.69, 9.17) is 10.9 Å². The van der Waals surface area contributed by atoms with Crippen LogP contribution in [0.2, 0.25) is 0 Å². The average Bonchev–Trinajstić information content (AvgIpc) is 2.48. The number of halogens is 1. The number of amidine groups is 1. The van der Waals surface area contributed by atoms with Crippen molar-refractivity contribution in [1.29, 1.82) is 0 Å². The largest absolute Gasteiger partial charge is 0.409 e. The quantitative estimate of drug-likeness (QED) is 0.278. The molecule has 0 fully saturated rings. The molecule has 0 saturated carbocycles. The summed E-state index contributed by atoms with van der Waals surface area (Å²) in [5.41, 5.74) is 5.05. The van der Waals surface area contributed by atoms with Gasteiger partial charge in [0.05, 0.1) is 5.69 Å². The van der Waals surface area contributed by atoms with Crippen LogP contribution >= 0.6 is 0 Å². The van der Waals surface area contributed by atoms with Crippen molar-refractivity contribution in [3.05, 3.63) is 57.8 Å². The Bertz CT molecular complexity index is 751. The van der Waals surface area contributed by atoms with Crippen LogP contribution in [0.1, 0.15) is 16.1 Å². The molecule has 9 heteroatoms. The van der Waals surface area contributed by atoms with Gasteiger partial charge in [-0.15, -0.1) is 0 Å². The van der Waals surface area contributed by atoms with Crippen LogP contribution in [-0.4, -0.2) is 27.1 Å². The molecule has 5 N–H and O–H groups in total. The lowest BCUT2D eigenvalue weighted by Gasteiger charge is -2.09. The third kappa shape index (κ3) is 3.21. The van der Waals surface area contributed by atoms with Gasteiger partial charge in [-0.25, -0.2) is 9.49 Å². The van der Waals surface area contributed by atoms with Gasteiger partial charge in [0.15, 0.2) is 5.84 Å². The lowest BCUT2D eigenvalue weighted by atomic mass is 10.1. The molecule has 1 heterocycles. The molecule has 0 unspecified atom stereocenters. The molecule has 2 rings (SSSR count). The number of nitrogens with one attached hydrogen (secondary N) is 2. The van der Waals surface area contributed by atoms with Gasteiger partial charge in [0, 0.05) is 11.6 Å². The van der Waals surface area contributed by atoms with Crippen molar-refractivity contribution in [2.75, 3.05) is 5.32 Å². The summed E-state index contributed by atoms with van der Waals surface area (Å²) in [7, 11) is 0. The Morgan fingerprint density at radius 3 is 2.76 bits per heavy atom. The fourth-order valence-electron chi connectivity index (χ4n) is 1.55. The van der Waals surface area contributed by atoms with Gasteiger partial charge in [0.25, 0.3) is 11.5 Å². The van der Waals surface area contributed by atoms with Crippen molar-refractivity contribution in [3.8, 4) is 0 Å². The number of amides is 1. The molecule has 0 atom stereocenters. The number of nitrogens with zero attached hydrogens (tertiary/aromatic N) is 2. The van der Waals surface area contributed by atoms with Gasteiger partial charge in [-0.2, -0.15) is 5.10 Å². The molecule has 2 aromatic rings. The van der Waals surface area contributed by atoms with Crippen LogP contribution in [0.4, 0.5) is 10.1 Å². The summed E-state index contributed by atoms with van der Waals surface area (Å²) < 4.78 is 13.2. The van der Waals surface area contributed by atoms with Gasteiger partial charge in [-0.05, 0) is 24.3 Å². The van der Waals surface area contributed by atoms with Gasteiger partial charge < -0.3 is 16.3 Å². The number of aromatic nitrogens is 2. The zero-order chi connectivity index (χ0) is 15.4. The van der Waals surface area contributed by atoms with Gasteiger partial charge in [0.1, 0.15) is 11.5 Å². The van der Waals surface area contributed by atoms with E-state index in [0.717, 1.165) is 18.2 Å². The van der Waals surface area contributed by atoms with E-state index < -0.39 is 17.3 Å². The number of carbonyl (C=O) groups is 1. The first-order valence-corrected chi connectivity index (χ1v) is 5.66. The molecule has 8 nitrogen and oxygen atoms in total. The highest BCUT2D eigenvalue weighted by Gasteiger charge is 2.13. The van der Waals surface area contributed by atoms with E-state index in [1.807, 2.05) is 0 Å². The normalized spacial score (nSPS) is 11.2. The zero-order valence-corrected chi connectivity index (χ0v) is 10.5. The number of carbonyl (C=O) groups excluding carboxylic acids is 1. The van der Waals surface area contributed by atoms with Gasteiger partial charge in [-0.3, -0.25) is 9.59 Å². The molecule has 0 aliphatic rings. The third-order valence-electron chi connectivity index (χ3n) is 2.53. The van der Waals surface area contributed by atoms with Crippen molar-refractivity contribution in [1.82, 2.24) is 10.2 Å². The summed E-state index contributed by atoms with van der Waals surface area (Å²) in [5, 5.41) is 19.5. The number of aromatic amines is 1. The highest BCUT2D eigenvalue weighted by molar-refractivity contribution is 6.09. The summed E-state index contributed by atoms with van der Waals surface area (Å²) in [5.74, 6) is -1.62. The van der Waals surface area contributed by atoms with E-state index in [1.165, 1.54) is 12.1 Å². The molecule has 108 valence electrons. The number of hydrogen-bond donors (Lipinski definition) is 4. The topological polar surface area (TPSA) is 133 Å². The number of anilines is 1. The Kier molecular flexibility index (Phi) is 3.93. The van der Waals surface area contributed by atoms with Crippen molar-refractivity contribution in [2.45, 2.75) is 0 Å². The maximum absolute atomic E-state index is 13.2. The molecule has 0 bridgehead atoms. The predicted octanol–water partition coefficient (Wildman–Crippen LogP) is 0.256. The van der Waals surface area contributed by atoms with Crippen LogP contribution in [0.5, 0.6) is 0 Å². The standard InChI is InChI=1S/C12H10FN5O3/c13-6-1-2-8(7(5-6)11(14)18-21)15-12(20)9-3-4-10(19)17-16-9/h1-5,21H,(H2,14,18)(H,15,20)(H,17,19). The van der Waals surface area contributed by atoms with E-state index in [1.54, 1.807) is 0 Å². The number of benzene rings is 1. The first-order chi connectivity index (χ1) is 10.0. The summed E-state index contributed by atoms with van der Waals surface area (Å²) in [6.45, 7) is 0. The van der Waals surface area contributed by atoms with Crippen molar-refractivity contribution < 1.29 is 14.4 Å². The molecule has 0 radical (unpaired) electrons. The van der Waals surface area contributed by atoms with Crippen LogP contribution < -0.4 is 16.6 Å². The Labute approximate surface area is 117 Å². The van der Waals surface area contributed by atoms with Crippen LogP contribution in [0, 0.1) is 5.82 Å². The van der Waals surface area contributed by atoms with Gasteiger partial charge >= 0.3 is 0 Å². The van der Waals surface area contributed by atoms with Crippen LogP contribution in [-0.2, 0) is 0 Å². The average molecular weight is 291 g/mol. The van der Waals surface area contributed by atoms with E-state index in [2.05, 4.69) is 20.7 Å². The molecular weight excluding hydrogens is 281 g/mol. The molecule has 0 aliphatic heterocycles. The molecule has 0 spiro atoms. The third-order valence-corrected chi connectivity index (χ3v) is 2.53. The number of H-pyrrole nitrogens is 1. The lowest BCUT2D eigenvalue weighted by Crippen LogP contribution is -2.21. The highest BCUT2D eigenvalue weighted by atomic mass is 19.1. The Morgan fingerprint density at radius 2 is 2.14 bits per heavy atom. The van der Waals surface area contributed by atoms with Crippen LogP contribution in [0.15, 0.2) is 40.3 Å². The molecule has 21 heavy (non-hydrogen) atoms. The first kappa shape index (κ1) is 14.2. The van der Waals surface area contributed by atoms with E-state index >= 15 is 0 Å². The second-order valence-electron chi connectivity index (χ2n) is 3.94. The molecule has 0 aliphatic carbocycles. The van der Waals surface area contributed by atoms with Crippen molar-refractivity contribution in [3.63, 3.8) is 0 Å². The summed E-state index contributed by atoms with van der Waals surface area (Å²) >= 11 is 0. The predicted molar refractivity (Wildman–Crippen MR) is 71.7 cm³/mol. The fourth-order valence-corrected chi connectivity index (χ4v) is 1.55. The summed E-state index contributed by atoms with van der Waals surface area (Å²) in [4.78, 5) is 22.8. The summed E-state index contributed by atoms with van der Waals surface area (Å²) in [6.07, 6.45) is 0. The van der Waals surface area contributed by atoms with E-state index in [9.17, 15) is 14.0 Å². The fraction of sp³-hybridized carbons (Fsp3) is 0. The summed E-state index contributed by atoms with van der Waals surface area (Å²) in [6, 6.07) is 5.72. The number of nitrogens with two attached hydrogens (primary N) is 1. The minimum absolute atomic E-state index is 0.00951. The Morgan fingerprint density at radius 1 is 1.38 bits per heavy atom. The minimum atomic E-state index is -0.648. The smallest absolute Gasteiger partial charge is 0.276 e. The highest BCUT2D eigenvalue weighted by Crippen LogP contribution is 2.17. The maximum atomic E-state index is 13.2.